The van der Waals surface area contributed by atoms with Crippen molar-refractivity contribution in [3.8, 4) is 5.69 Å². The quantitative estimate of drug-likeness (QED) is 0.255. The Balaban J connectivity index is 1.75. The van der Waals surface area contributed by atoms with Crippen LogP contribution in [0.3, 0.4) is 0 Å². The van der Waals surface area contributed by atoms with E-state index < -0.39 is 0 Å². The molecule has 0 atom stereocenters. The second kappa shape index (κ2) is 5.93. The molecule has 4 heteroatoms. The minimum Gasteiger partial charge on any atom is -0.456 e. The Kier molecular flexibility index (Phi) is 3.23. The van der Waals surface area contributed by atoms with E-state index in [2.05, 4.69) is 76.7 Å². The molecule has 0 N–H and O–H groups in total. The van der Waals surface area contributed by atoms with Gasteiger partial charge in [0.15, 0.2) is 5.69 Å². The van der Waals surface area contributed by atoms with E-state index in [0.29, 0.717) is 5.69 Å². The lowest BCUT2D eigenvalue weighted by atomic mass is 10.1. The van der Waals surface area contributed by atoms with Gasteiger partial charge in [0, 0.05) is 22.2 Å². The van der Waals surface area contributed by atoms with Crippen LogP contribution in [0.4, 0.5) is 17.1 Å². The number of hydrogen-bond donors (Lipinski definition) is 0. The standard InChI is InChI=1S/C28H19N3O/c1-16(2)30-22-9-5-6-10-23(22)31-24-14-20-18-8-4-7-11-26(18)32-27(20)15-19(24)21-12-17(29-3)13-25(30)28(21)31/h4-16H,1-2H3. The molecule has 0 radical (unpaired) electrons. The highest BCUT2D eigenvalue weighted by Gasteiger charge is 2.29. The van der Waals surface area contributed by atoms with Crippen LogP contribution in [0.15, 0.2) is 77.2 Å². The van der Waals surface area contributed by atoms with Gasteiger partial charge in [-0.25, -0.2) is 4.85 Å². The molecule has 0 fully saturated rings. The third-order valence-electron chi connectivity index (χ3n) is 6.61. The lowest BCUT2D eigenvalue weighted by Gasteiger charge is -2.36. The van der Waals surface area contributed by atoms with Crippen LogP contribution >= 0.6 is 0 Å². The first kappa shape index (κ1) is 17.5. The summed E-state index contributed by atoms with van der Waals surface area (Å²) >= 11 is 0. The average molecular weight is 413 g/mol. The minimum absolute atomic E-state index is 0.257. The molecule has 7 rings (SSSR count). The monoisotopic (exact) mass is 413 g/mol. The second-order valence-corrected chi connectivity index (χ2v) is 8.72. The minimum atomic E-state index is 0.257. The van der Waals surface area contributed by atoms with Crippen molar-refractivity contribution in [2.24, 2.45) is 0 Å². The van der Waals surface area contributed by atoms with E-state index in [1.54, 1.807) is 0 Å². The third-order valence-corrected chi connectivity index (χ3v) is 6.61. The van der Waals surface area contributed by atoms with Crippen LogP contribution < -0.4 is 4.90 Å². The first-order valence-electron chi connectivity index (χ1n) is 10.9. The maximum atomic E-state index is 7.73. The summed E-state index contributed by atoms with van der Waals surface area (Å²) in [6.07, 6.45) is 0. The molecule has 4 aromatic carbocycles. The Morgan fingerprint density at radius 3 is 2.34 bits per heavy atom. The van der Waals surface area contributed by atoms with E-state index in [4.69, 9.17) is 11.0 Å². The number of anilines is 2. The number of benzene rings is 4. The van der Waals surface area contributed by atoms with Crippen molar-refractivity contribution >= 4 is 60.8 Å². The van der Waals surface area contributed by atoms with Gasteiger partial charge in [-0.2, -0.15) is 0 Å². The molecule has 0 unspecified atom stereocenters. The van der Waals surface area contributed by atoms with Crippen LogP contribution in [0.25, 0.3) is 54.3 Å². The second-order valence-electron chi connectivity index (χ2n) is 8.72. The summed E-state index contributed by atoms with van der Waals surface area (Å²) < 4.78 is 8.57. The summed E-state index contributed by atoms with van der Waals surface area (Å²) in [4.78, 5) is 6.16. The van der Waals surface area contributed by atoms with Crippen LogP contribution in [-0.2, 0) is 0 Å². The van der Waals surface area contributed by atoms with Gasteiger partial charge >= 0.3 is 0 Å². The number of hydrogen-bond acceptors (Lipinski definition) is 2. The summed E-state index contributed by atoms with van der Waals surface area (Å²) in [6.45, 7) is 12.1. The molecule has 1 aliphatic heterocycles. The van der Waals surface area contributed by atoms with Crippen LogP contribution in [-0.4, -0.2) is 10.6 Å². The molecule has 1 aliphatic rings. The zero-order chi connectivity index (χ0) is 21.6. The van der Waals surface area contributed by atoms with Crippen molar-refractivity contribution in [2.45, 2.75) is 19.9 Å². The van der Waals surface area contributed by atoms with E-state index in [0.717, 1.165) is 60.8 Å². The van der Waals surface area contributed by atoms with Crippen LogP contribution in [0.5, 0.6) is 0 Å². The first-order valence-corrected chi connectivity index (χ1v) is 10.9. The largest absolute Gasteiger partial charge is 0.456 e. The van der Waals surface area contributed by atoms with Crippen LogP contribution in [0.1, 0.15) is 13.8 Å². The molecular formula is C28H19N3O. The van der Waals surface area contributed by atoms with Crippen LogP contribution in [0, 0.1) is 6.57 Å². The maximum absolute atomic E-state index is 7.73. The molecular weight excluding hydrogens is 394 g/mol. The van der Waals surface area contributed by atoms with Gasteiger partial charge in [-0.1, -0.05) is 30.3 Å². The molecule has 0 saturated carbocycles. The summed E-state index contributed by atoms with van der Waals surface area (Å²) in [5.41, 5.74) is 8.12. The summed E-state index contributed by atoms with van der Waals surface area (Å²) in [6, 6.07) is 25.4. The first-order chi connectivity index (χ1) is 15.7. The van der Waals surface area contributed by atoms with Crippen molar-refractivity contribution in [1.82, 2.24) is 4.57 Å². The maximum Gasteiger partial charge on any atom is 0.190 e. The Hall–Kier alpha value is -4.23. The van der Waals surface area contributed by atoms with E-state index in [9.17, 15) is 0 Å². The summed E-state index contributed by atoms with van der Waals surface area (Å²) in [5.74, 6) is 0. The number of aromatic nitrogens is 1. The molecule has 0 aliphatic carbocycles. The Morgan fingerprint density at radius 2 is 1.53 bits per heavy atom. The fourth-order valence-corrected chi connectivity index (χ4v) is 5.37. The van der Waals surface area contributed by atoms with Gasteiger partial charge in [-0.05, 0) is 61.7 Å². The van der Waals surface area contributed by atoms with E-state index in [-0.39, 0.29) is 6.04 Å². The molecule has 0 saturated heterocycles. The summed E-state index contributed by atoms with van der Waals surface area (Å²) in [5, 5.41) is 4.44. The fourth-order valence-electron chi connectivity index (χ4n) is 5.37. The smallest absolute Gasteiger partial charge is 0.190 e. The number of rotatable bonds is 1. The molecule has 4 nitrogen and oxygen atoms in total. The van der Waals surface area contributed by atoms with E-state index >= 15 is 0 Å². The molecule has 32 heavy (non-hydrogen) atoms. The molecule has 3 heterocycles. The molecule has 0 spiro atoms. The molecule has 2 aromatic heterocycles. The highest BCUT2D eigenvalue weighted by molar-refractivity contribution is 6.21. The molecule has 0 amide bonds. The highest BCUT2D eigenvalue weighted by atomic mass is 16.3. The van der Waals surface area contributed by atoms with Crippen molar-refractivity contribution in [2.75, 3.05) is 4.90 Å². The zero-order valence-electron chi connectivity index (χ0n) is 17.8. The van der Waals surface area contributed by atoms with Crippen LogP contribution in [0.2, 0.25) is 0 Å². The Bertz CT molecular complexity index is 1780. The molecule has 6 aromatic rings. The topological polar surface area (TPSA) is 25.7 Å². The van der Waals surface area contributed by atoms with Gasteiger partial charge in [0.25, 0.3) is 0 Å². The van der Waals surface area contributed by atoms with Gasteiger partial charge in [0.1, 0.15) is 11.2 Å². The number of furan rings is 1. The zero-order valence-corrected chi connectivity index (χ0v) is 17.8. The predicted octanol–water partition coefficient (Wildman–Crippen LogP) is 8.09. The van der Waals surface area contributed by atoms with Gasteiger partial charge in [-0.3, -0.25) is 0 Å². The normalized spacial score (nSPS) is 12.9. The molecule has 152 valence electrons. The van der Waals surface area contributed by atoms with Gasteiger partial charge in [-0.15, -0.1) is 0 Å². The van der Waals surface area contributed by atoms with Crippen molar-refractivity contribution in [3.05, 3.63) is 84.2 Å². The average Bonchev–Trinajstić information content (AvgIpc) is 3.33. The summed E-state index contributed by atoms with van der Waals surface area (Å²) in [7, 11) is 0. The van der Waals surface area contributed by atoms with Crippen molar-refractivity contribution in [1.29, 1.82) is 0 Å². The third kappa shape index (κ3) is 2.05. The van der Waals surface area contributed by atoms with Crippen molar-refractivity contribution < 1.29 is 4.42 Å². The number of fused-ring (bicyclic) bond motifs is 8. The highest BCUT2D eigenvalue weighted by Crippen LogP contribution is 2.49. The fraction of sp³-hybridized carbons (Fsp3) is 0.107. The van der Waals surface area contributed by atoms with Gasteiger partial charge in [0.2, 0.25) is 0 Å². The van der Waals surface area contributed by atoms with Gasteiger partial charge in [0.05, 0.1) is 34.7 Å². The Morgan fingerprint density at radius 1 is 0.750 bits per heavy atom. The lowest BCUT2D eigenvalue weighted by molar-refractivity contribution is 0.669. The van der Waals surface area contributed by atoms with Gasteiger partial charge < -0.3 is 13.9 Å². The van der Waals surface area contributed by atoms with Crippen molar-refractivity contribution in [3.63, 3.8) is 0 Å². The lowest BCUT2D eigenvalue weighted by Crippen LogP contribution is -2.29. The number of nitrogens with zero attached hydrogens (tertiary/aromatic N) is 3. The number of para-hydroxylation sites is 3. The molecule has 0 bridgehead atoms. The predicted molar refractivity (Wildman–Crippen MR) is 132 cm³/mol. The van der Waals surface area contributed by atoms with E-state index in [1.165, 1.54) is 0 Å². The SMILES string of the molecule is [C-]#[N+]c1cc2c3c(c1)c1cc4oc5ccccc5c4cc1n3-c1ccccc1N2C(C)C. The van der Waals surface area contributed by atoms with E-state index in [1.807, 2.05) is 24.3 Å². The Labute approximate surface area is 184 Å².